The van der Waals surface area contributed by atoms with Crippen LogP contribution < -0.4 is 4.74 Å². The molecule has 2 fully saturated rings. The highest BCUT2D eigenvalue weighted by atomic mass is 19.4. The predicted molar refractivity (Wildman–Crippen MR) is 196 cm³/mol. The molecule has 3 heterocycles. The molecule has 0 aliphatic carbocycles. The fourth-order valence-electron chi connectivity index (χ4n) is 7.58. The van der Waals surface area contributed by atoms with Crippen LogP contribution in [0.4, 0.5) is 13.2 Å². The number of hydrogen-bond donors (Lipinski definition) is 1. The molecule has 2 saturated heterocycles. The van der Waals surface area contributed by atoms with E-state index in [9.17, 15) is 23.5 Å². The minimum Gasteiger partial charge on any atom is -0.496 e. The molecule has 0 bridgehead atoms. The first-order valence-electron chi connectivity index (χ1n) is 17.6. The summed E-state index contributed by atoms with van der Waals surface area (Å²) in [6.07, 6.45) is 1.12. The Balaban J connectivity index is 1.21. The molecular weight excluding hydrogens is 665 g/mol. The number of aliphatic hydroxyl groups is 1. The number of benzene rings is 4. The molecule has 0 unspecified atom stereocenters. The summed E-state index contributed by atoms with van der Waals surface area (Å²) in [5.74, 6) is 0.798. The standard InChI is InChI=1S/C42H41F3N4O3/c1-26-29(12-13-30-21-39(51-3)32(20-37(30)42(43,44)45)24-49-17-14-33(50)25-49)8-6-9-34(26)35-10-7-11-36(27(35)2)41-47-38-19-28(23-48-15-4-5-16-48)18-31(22-46)40(38)52-41/h6-13,18-21,33,50H,4-5,14-17,23-25H2,1-3H3/b13-12+/t33-/m0/s1. The van der Waals surface area contributed by atoms with Gasteiger partial charge < -0.3 is 14.3 Å². The monoisotopic (exact) mass is 706 g/mol. The molecular formula is C42H41F3N4O3. The van der Waals surface area contributed by atoms with Crippen LogP contribution in [0.1, 0.15) is 63.8 Å². The van der Waals surface area contributed by atoms with Crippen LogP contribution in [0.25, 0.3) is 45.8 Å². The van der Waals surface area contributed by atoms with Gasteiger partial charge in [0, 0.05) is 37.3 Å². The van der Waals surface area contributed by atoms with E-state index in [0.717, 1.165) is 58.6 Å². The van der Waals surface area contributed by atoms with Crippen molar-refractivity contribution in [1.82, 2.24) is 14.8 Å². The minimum atomic E-state index is -4.58. The van der Waals surface area contributed by atoms with Crippen molar-refractivity contribution in [2.75, 3.05) is 33.3 Å². The molecule has 0 spiro atoms. The Labute approximate surface area is 301 Å². The molecule has 2 aliphatic heterocycles. The maximum Gasteiger partial charge on any atom is 0.417 e. The molecule has 0 amide bonds. The van der Waals surface area contributed by atoms with E-state index in [0.29, 0.717) is 53.4 Å². The minimum absolute atomic E-state index is 0.00817. The number of aliphatic hydroxyl groups excluding tert-OH is 1. The van der Waals surface area contributed by atoms with E-state index < -0.39 is 17.8 Å². The number of methoxy groups -OCH3 is 1. The van der Waals surface area contributed by atoms with E-state index in [1.807, 2.05) is 67.3 Å². The maximum atomic E-state index is 14.4. The number of fused-ring (bicyclic) bond motifs is 1. The molecule has 268 valence electrons. The third kappa shape index (κ3) is 7.22. The van der Waals surface area contributed by atoms with Crippen molar-refractivity contribution in [3.63, 3.8) is 0 Å². The van der Waals surface area contributed by atoms with Crippen molar-refractivity contribution in [1.29, 1.82) is 5.26 Å². The number of hydrogen-bond acceptors (Lipinski definition) is 7. The number of nitrogens with zero attached hydrogens (tertiary/aromatic N) is 4. The van der Waals surface area contributed by atoms with E-state index in [-0.39, 0.29) is 12.1 Å². The van der Waals surface area contributed by atoms with Crippen molar-refractivity contribution in [2.45, 2.75) is 58.5 Å². The van der Waals surface area contributed by atoms with Crippen LogP contribution in [-0.4, -0.2) is 59.3 Å². The summed E-state index contributed by atoms with van der Waals surface area (Å²) in [6.45, 7) is 8.12. The molecule has 5 aromatic rings. The lowest BCUT2D eigenvalue weighted by Crippen LogP contribution is -2.22. The van der Waals surface area contributed by atoms with Crippen molar-refractivity contribution >= 4 is 23.3 Å². The Hall–Kier alpha value is -4.95. The number of nitriles is 1. The predicted octanol–water partition coefficient (Wildman–Crippen LogP) is 9.01. The fourth-order valence-corrected chi connectivity index (χ4v) is 7.58. The second-order valence-electron chi connectivity index (χ2n) is 13.9. The lowest BCUT2D eigenvalue weighted by Gasteiger charge is -2.20. The van der Waals surface area contributed by atoms with Crippen LogP contribution in [0.15, 0.2) is 65.1 Å². The third-order valence-electron chi connectivity index (χ3n) is 10.3. The van der Waals surface area contributed by atoms with E-state index in [1.165, 1.54) is 38.2 Å². The van der Waals surface area contributed by atoms with Gasteiger partial charge in [0.15, 0.2) is 5.58 Å². The van der Waals surface area contributed by atoms with Gasteiger partial charge in [-0.3, -0.25) is 9.80 Å². The third-order valence-corrected chi connectivity index (χ3v) is 10.3. The van der Waals surface area contributed by atoms with Gasteiger partial charge in [0.25, 0.3) is 0 Å². The first-order valence-corrected chi connectivity index (χ1v) is 17.6. The second kappa shape index (κ2) is 14.6. The number of ether oxygens (including phenoxy) is 1. The SMILES string of the molecule is COc1cc(/C=C/c2cccc(-c3cccc(-c4nc5cc(CN6CCCC6)cc(C#N)c5o4)c3C)c2C)c(C(F)(F)F)cc1CN1CC[C@H](O)C1. The Kier molecular flexibility index (Phi) is 9.94. The molecule has 10 heteroatoms. The van der Waals surface area contributed by atoms with E-state index in [2.05, 4.69) is 11.0 Å². The van der Waals surface area contributed by atoms with Gasteiger partial charge in [-0.2, -0.15) is 18.4 Å². The molecule has 7 nitrogen and oxygen atoms in total. The topological polar surface area (TPSA) is 85.8 Å². The molecule has 2 aliphatic rings. The van der Waals surface area contributed by atoms with Gasteiger partial charge >= 0.3 is 6.18 Å². The average Bonchev–Trinajstić information content (AvgIpc) is 3.89. The summed E-state index contributed by atoms with van der Waals surface area (Å²) < 4.78 is 55.0. The van der Waals surface area contributed by atoms with E-state index in [1.54, 1.807) is 6.08 Å². The van der Waals surface area contributed by atoms with Gasteiger partial charge in [-0.15, -0.1) is 0 Å². The quantitative estimate of drug-likeness (QED) is 0.153. The van der Waals surface area contributed by atoms with Crippen molar-refractivity contribution < 1.29 is 27.4 Å². The highest BCUT2D eigenvalue weighted by Gasteiger charge is 2.34. The first kappa shape index (κ1) is 35.5. The van der Waals surface area contributed by atoms with Gasteiger partial charge in [-0.1, -0.05) is 42.5 Å². The summed E-state index contributed by atoms with van der Waals surface area (Å²) >= 11 is 0. The molecule has 0 radical (unpaired) electrons. The van der Waals surface area contributed by atoms with E-state index in [4.69, 9.17) is 14.1 Å². The molecule has 0 saturated carbocycles. The van der Waals surface area contributed by atoms with Crippen LogP contribution in [0, 0.1) is 25.2 Å². The van der Waals surface area contributed by atoms with Crippen molar-refractivity contribution in [2.24, 2.45) is 0 Å². The first-order chi connectivity index (χ1) is 25.0. The molecule has 4 aromatic carbocycles. The Morgan fingerprint density at radius 3 is 2.33 bits per heavy atom. The second-order valence-corrected chi connectivity index (χ2v) is 13.9. The molecule has 7 rings (SSSR count). The lowest BCUT2D eigenvalue weighted by atomic mass is 9.91. The largest absolute Gasteiger partial charge is 0.496 e. The smallest absolute Gasteiger partial charge is 0.417 e. The van der Waals surface area contributed by atoms with Crippen LogP contribution in [-0.2, 0) is 19.3 Å². The summed E-state index contributed by atoms with van der Waals surface area (Å²) in [5.41, 5.74) is 7.59. The van der Waals surface area contributed by atoms with Gasteiger partial charge in [0.05, 0.1) is 24.3 Å². The number of alkyl halides is 3. The zero-order valence-electron chi connectivity index (χ0n) is 29.6. The molecule has 52 heavy (non-hydrogen) atoms. The normalized spacial score (nSPS) is 17.1. The van der Waals surface area contributed by atoms with E-state index >= 15 is 0 Å². The van der Waals surface area contributed by atoms with Crippen molar-refractivity contribution in [3.8, 4) is 34.4 Å². The summed E-state index contributed by atoms with van der Waals surface area (Å²) in [7, 11) is 1.46. The number of likely N-dealkylation sites (tertiary alicyclic amines) is 2. The summed E-state index contributed by atoms with van der Waals surface area (Å²) in [4.78, 5) is 9.16. The Morgan fingerprint density at radius 2 is 1.63 bits per heavy atom. The number of halogens is 3. The van der Waals surface area contributed by atoms with Gasteiger partial charge in [0.1, 0.15) is 17.3 Å². The highest BCUT2D eigenvalue weighted by molar-refractivity contribution is 5.85. The maximum absolute atomic E-state index is 14.4. The zero-order chi connectivity index (χ0) is 36.6. The molecule has 1 N–H and O–H groups in total. The van der Waals surface area contributed by atoms with Crippen molar-refractivity contribution in [3.05, 3.63) is 105 Å². The van der Waals surface area contributed by atoms with Gasteiger partial charge in [0.2, 0.25) is 5.89 Å². The average molecular weight is 707 g/mol. The van der Waals surface area contributed by atoms with Crippen LogP contribution in [0.5, 0.6) is 5.75 Å². The lowest BCUT2D eigenvalue weighted by molar-refractivity contribution is -0.137. The molecule has 1 atom stereocenters. The van der Waals surface area contributed by atoms with Crippen LogP contribution in [0.2, 0.25) is 0 Å². The summed E-state index contributed by atoms with van der Waals surface area (Å²) in [5, 5.41) is 19.9. The number of β-amino-alcohol motifs (C(OH)–C–C–N with tert-alkyl or cyclic N) is 1. The van der Waals surface area contributed by atoms with Gasteiger partial charge in [-0.25, -0.2) is 4.98 Å². The zero-order valence-corrected chi connectivity index (χ0v) is 29.6. The number of aromatic nitrogens is 1. The Bertz CT molecular complexity index is 2190. The summed E-state index contributed by atoms with van der Waals surface area (Å²) in [6, 6.07) is 20.5. The van der Waals surface area contributed by atoms with Gasteiger partial charge in [-0.05, 0) is 115 Å². The van der Waals surface area contributed by atoms with Crippen LogP contribution in [0.3, 0.4) is 0 Å². The molecule has 1 aromatic heterocycles. The highest BCUT2D eigenvalue weighted by Crippen LogP contribution is 2.39. The number of rotatable bonds is 9. The number of oxazole rings is 1. The van der Waals surface area contributed by atoms with Crippen LogP contribution >= 0.6 is 0 Å². The fraction of sp³-hybridized carbons (Fsp3) is 0.333. The Morgan fingerprint density at radius 1 is 0.923 bits per heavy atom.